The summed E-state index contributed by atoms with van der Waals surface area (Å²) < 4.78 is 24.6. The molecule has 1 amide bonds. The first kappa shape index (κ1) is 20.6. The molecule has 0 atom stereocenters. The van der Waals surface area contributed by atoms with Gasteiger partial charge >= 0.3 is 0 Å². The fraction of sp³-hybridized carbons (Fsp3) is 0.263. The number of Topliss-reactive ketones (excluding diaryl/α,β-unsaturated/α-hetero) is 1. The maximum absolute atomic E-state index is 12.3. The second kappa shape index (κ2) is 8.79. The highest BCUT2D eigenvalue weighted by Crippen LogP contribution is 2.15. The molecule has 2 N–H and O–H groups in total. The number of ketones is 1. The van der Waals surface area contributed by atoms with E-state index in [4.69, 9.17) is 0 Å². The molecule has 0 saturated carbocycles. The third-order valence-electron chi connectivity index (χ3n) is 4.11. The molecular formula is C19H23N3O4S. The number of nitrogens with zero attached hydrogens (tertiary/aromatic N) is 1. The van der Waals surface area contributed by atoms with Gasteiger partial charge in [0.25, 0.3) is 15.9 Å². The minimum absolute atomic E-state index is 0.104. The Labute approximate surface area is 159 Å². The first-order valence-electron chi connectivity index (χ1n) is 8.56. The Morgan fingerprint density at radius 3 is 2.15 bits per heavy atom. The molecule has 0 aromatic heterocycles. The molecule has 0 fully saturated rings. The van der Waals surface area contributed by atoms with Crippen molar-refractivity contribution in [3.8, 4) is 0 Å². The SMILES string of the molecule is CCN(CC)c1ccc(C(=O)NNS(=O)(=O)c2cccc(C(C)=O)c2)cc1. The average molecular weight is 389 g/mol. The van der Waals surface area contributed by atoms with E-state index in [9.17, 15) is 18.0 Å². The smallest absolute Gasteiger partial charge is 0.266 e. The van der Waals surface area contributed by atoms with Gasteiger partial charge in [0.2, 0.25) is 0 Å². The van der Waals surface area contributed by atoms with Crippen LogP contribution in [0.3, 0.4) is 0 Å². The number of sulfonamides is 1. The van der Waals surface area contributed by atoms with Crippen LogP contribution < -0.4 is 15.2 Å². The monoisotopic (exact) mass is 389 g/mol. The minimum Gasteiger partial charge on any atom is -0.372 e. The van der Waals surface area contributed by atoms with Gasteiger partial charge in [-0.1, -0.05) is 12.1 Å². The van der Waals surface area contributed by atoms with Crippen LogP contribution in [0.25, 0.3) is 0 Å². The Morgan fingerprint density at radius 2 is 1.59 bits per heavy atom. The lowest BCUT2D eigenvalue weighted by atomic mass is 10.2. The molecule has 2 aromatic carbocycles. The van der Waals surface area contributed by atoms with Gasteiger partial charge in [-0.05, 0) is 57.2 Å². The molecule has 0 aliphatic rings. The van der Waals surface area contributed by atoms with E-state index in [1.807, 2.05) is 26.0 Å². The van der Waals surface area contributed by atoms with Crippen LogP contribution in [-0.2, 0) is 10.0 Å². The summed E-state index contributed by atoms with van der Waals surface area (Å²) in [6.45, 7) is 7.13. The van der Waals surface area contributed by atoms with Gasteiger partial charge in [0.15, 0.2) is 5.78 Å². The number of hydrazine groups is 1. The Balaban J connectivity index is 2.08. The summed E-state index contributed by atoms with van der Waals surface area (Å²) in [4.78, 5) is 27.7. The van der Waals surface area contributed by atoms with Crippen LogP contribution in [0, 0.1) is 0 Å². The molecule has 0 spiro atoms. The van der Waals surface area contributed by atoms with Crippen LogP contribution in [0.5, 0.6) is 0 Å². The molecular weight excluding hydrogens is 366 g/mol. The molecule has 0 radical (unpaired) electrons. The summed E-state index contributed by atoms with van der Waals surface area (Å²) in [6.07, 6.45) is 0. The first-order chi connectivity index (χ1) is 12.8. The zero-order valence-corrected chi connectivity index (χ0v) is 16.3. The molecule has 144 valence electrons. The number of benzene rings is 2. The zero-order valence-electron chi connectivity index (χ0n) is 15.5. The van der Waals surface area contributed by atoms with Crippen LogP contribution in [0.2, 0.25) is 0 Å². The molecule has 0 heterocycles. The van der Waals surface area contributed by atoms with Crippen molar-refractivity contribution < 1.29 is 18.0 Å². The maximum Gasteiger partial charge on any atom is 0.266 e. The van der Waals surface area contributed by atoms with E-state index < -0.39 is 15.9 Å². The molecule has 0 aliphatic carbocycles. The number of rotatable bonds is 8. The van der Waals surface area contributed by atoms with Crippen LogP contribution in [-0.4, -0.2) is 33.2 Å². The highest BCUT2D eigenvalue weighted by molar-refractivity contribution is 7.89. The summed E-state index contributed by atoms with van der Waals surface area (Å²) in [7, 11) is -3.99. The molecule has 0 bridgehead atoms. The van der Waals surface area contributed by atoms with Gasteiger partial charge in [-0.3, -0.25) is 15.0 Å². The quantitative estimate of drug-likeness (QED) is 0.534. The molecule has 0 saturated heterocycles. The Morgan fingerprint density at radius 1 is 0.963 bits per heavy atom. The molecule has 27 heavy (non-hydrogen) atoms. The molecule has 2 aromatic rings. The lowest BCUT2D eigenvalue weighted by Crippen LogP contribution is -2.41. The molecule has 2 rings (SSSR count). The molecule has 0 aliphatic heterocycles. The first-order valence-corrected chi connectivity index (χ1v) is 10.0. The van der Waals surface area contributed by atoms with Gasteiger partial charge in [0, 0.05) is 29.9 Å². The lowest BCUT2D eigenvalue weighted by molar-refractivity contribution is 0.0944. The normalized spacial score (nSPS) is 11.1. The Kier molecular flexibility index (Phi) is 6.70. The molecule has 0 unspecified atom stereocenters. The average Bonchev–Trinajstić information content (AvgIpc) is 2.68. The van der Waals surface area contributed by atoms with Gasteiger partial charge < -0.3 is 4.90 Å². The van der Waals surface area contributed by atoms with Crippen molar-refractivity contribution in [2.24, 2.45) is 0 Å². The minimum atomic E-state index is -3.99. The van der Waals surface area contributed by atoms with E-state index in [0.717, 1.165) is 18.8 Å². The highest BCUT2D eigenvalue weighted by atomic mass is 32.2. The van der Waals surface area contributed by atoms with Crippen molar-refractivity contribution in [2.45, 2.75) is 25.7 Å². The van der Waals surface area contributed by atoms with Gasteiger partial charge in [-0.2, -0.15) is 0 Å². The Hall–Kier alpha value is -2.71. The highest BCUT2D eigenvalue weighted by Gasteiger charge is 2.17. The lowest BCUT2D eigenvalue weighted by Gasteiger charge is -2.21. The predicted octanol–water partition coefficient (Wildman–Crippen LogP) is 2.36. The summed E-state index contributed by atoms with van der Waals surface area (Å²) in [5, 5.41) is 0. The van der Waals surface area contributed by atoms with E-state index in [1.54, 1.807) is 12.1 Å². The van der Waals surface area contributed by atoms with Gasteiger partial charge in [-0.25, -0.2) is 8.42 Å². The zero-order chi connectivity index (χ0) is 20.0. The number of amides is 1. The van der Waals surface area contributed by atoms with Gasteiger partial charge in [-0.15, -0.1) is 4.83 Å². The number of nitrogens with one attached hydrogen (secondary N) is 2. The topological polar surface area (TPSA) is 95.6 Å². The second-order valence-corrected chi connectivity index (χ2v) is 7.55. The number of carbonyl (C=O) groups is 2. The van der Waals surface area contributed by atoms with Gasteiger partial charge in [0.1, 0.15) is 0 Å². The van der Waals surface area contributed by atoms with Crippen molar-refractivity contribution in [2.75, 3.05) is 18.0 Å². The van der Waals surface area contributed by atoms with E-state index in [2.05, 4.69) is 15.2 Å². The summed E-state index contributed by atoms with van der Waals surface area (Å²) >= 11 is 0. The summed E-state index contributed by atoms with van der Waals surface area (Å²) in [5.74, 6) is -0.822. The summed E-state index contributed by atoms with van der Waals surface area (Å²) in [5.41, 5.74) is 3.77. The fourth-order valence-electron chi connectivity index (χ4n) is 2.54. The predicted molar refractivity (Wildman–Crippen MR) is 104 cm³/mol. The van der Waals surface area contributed by atoms with E-state index in [1.165, 1.54) is 31.2 Å². The largest absolute Gasteiger partial charge is 0.372 e. The van der Waals surface area contributed by atoms with Crippen molar-refractivity contribution in [1.29, 1.82) is 0 Å². The molecule has 7 nitrogen and oxygen atoms in total. The summed E-state index contributed by atoms with van der Waals surface area (Å²) in [6, 6.07) is 12.5. The third-order valence-corrected chi connectivity index (χ3v) is 5.35. The van der Waals surface area contributed by atoms with Crippen LogP contribution >= 0.6 is 0 Å². The molecule has 8 heteroatoms. The van der Waals surface area contributed by atoms with Gasteiger partial charge in [0.05, 0.1) is 4.90 Å². The fourth-order valence-corrected chi connectivity index (χ4v) is 3.42. The van der Waals surface area contributed by atoms with Crippen molar-refractivity contribution in [1.82, 2.24) is 10.3 Å². The second-order valence-electron chi connectivity index (χ2n) is 5.86. The van der Waals surface area contributed by atoms with Crippen LogP contribution in [0.15, 0.2) is 53.4 Å². The number of carbonyl (C=O) groups excluding carboxylic acids is 2. The standard InChI is InChI=1S/C19H23N3O4S/c1-4-22(5-2)17-11-9-15(10-12-17)19(24)20-21-27(25,26)18-8-6-7-16(13-18)14(3)23/h6-13,21H,4-5H2,1-3H3,(H,20,24). The van der Waals surface area contributed by atoms with Crippen LogP contribution in [0.4, 0.5) is 5.69 Å². The number of hydrogen-bond acceptors (Lipinski definition) is 5. The number of anilines is 1. The third kappa shape index (κ3) is 5.15. The van der Waals surface area contributed by atoms with E-state index in [0.29, 0.717) is 5.56 Å². The van der Waals surface area contributed by atoms with Crippen LogP contribution in [0.1, 0.15) is 41.5 Å². The van der Waals surface area contributed by atoms with Crippen molar-refractivity contribution in [3.63, 3.8) is 0 Å². The van der Waals surface area contributed by atoms with E-state index in [-0.39, 0.29) is 16.2 Å². The Bertz CT molecular complexity index is 920. The van der Waals surface area contributed by atoms with Crippen molar-refractivity contribution in [3.05, 3.63) is 59.7 Å². The van der Waals surface area contributed by atoms with E-state index >= 15 is 0 Å². The van der Waals surface area contributed by atoms with Crippen molar-refractivity contribution >= 4 is 27.4 Å². The maximum atomic E-state index is 12.3. The number of hydrogen-bond donors (Lipinski definition) is 2.